The fraction of sp³-hybridized carbons (Fsp3) is 0.350. The van der Waals surface area contributed by atoms with Gasteiger partial charge in [-0.15, -0.1) is 0 Å². The summed E-state index contributed by atoms with van der Waals surface area (Å²) in [4.78, 5) is 12.2. The molecule has 6 nitrogen and oxygen atoms in total. The van der Waals surface area contributed by atoms with Gasteiger partial charge in [0, 0.05) is 19.3 Å². The van der Waals surface area contributed by atoms with Crippen LogP contribution in [0.25, 0.3) is 0 Å². The molecule has 26 heavy (non-hydrogen) atoms. The number of phenolic OH excluding ortho intramolecular Hbond substituents is 2. The summed E-state index contributed by atoms with van der Waals surface area (Å²) in [5, 5.41) is 29.6. The molecule has 138 valence electrons. The second kappa shape index (κ2) is 7.76. The van der Waals surface area contributed by atoms with Gasteiger partial charge in [0.25, 0.3) is 0 Å². The molecule has 1 heterocycles. The van der Waals surface area contributed by atoms with Crippen LogP contribution < -0.4 is 4.74 Å². The Labute approximate surface area is 151 Å². The van der Waals surface area contributed by atoms with Gasteiger partial charge in [0.1, 0.15) is 11.5 Å². The smallest absolute Gasteiger partial charge is 0.160 e. The van der Waals surface area contributed by atoms with Crippen LogP contribution in [0.1, 0.15) is 30.1 Å². The Hall–Kier alpha value is -2.57. The van der Waals surface area contributed by atoms with Gasteiger partial charge in [-0.1, -0.05) is 18.2 Å². The van der Waals surface area contributed by atoms with E-state index in [1.165, 1.54) is 13.2 Å². The summed E-state index contributed by atoms with van der Waals surface area (Å²) in [6.07, 6.45) is -1.25. The molecule has 0 bridgehead atoms. The van der Waals surface area contributed by atoms with Crippen LogP contribution in [0, 0.1) is 0 Å². The summed E-state index contributed by atoms with van der Waals surface area (Å²) in [5.74, 6) is 0.504. The number of rotatable bonds is 5. The molecule has 0 unspecified atom stereocenters. The van der Waals surface area contributed by atoms with Crippen LogP contribution in [0.5, 0.6) is 17.2 Å². The molecular formula is C20H22O6. The summed E-state index contributed by atoms with van der Waals surface area (Å²) < 4.78 is 11.1. The quantitative estimate of drug-likeness (QED) is 0.760. The largest absolute Gasteiger partial charge is 0.508 e. The van der Waals surface area contributed by atoms with E-state index in [2.05, 4.69) is 0 Å². The number of hydrogen-bond acceptors (Lipinski definition) is 6. The van der Waals surface area contributed by atoms with Crippen LogP contribution in [0.2, 0.25) is 0 Å². The fourth-order valence-electron chi connectivity index (χ4n) is 3.14. The van der Waals surface area contributed by atoms with Crippen molar-refractivity contribution in [2.24, 2.45) is 0 Å². The van der Waals surface area contributed by atoms with E-state index >= 15 is 0 Å². The first-order valence-corrected chi connectivity index (χ1v) is 8.46. The average molecular weight is 358 g/mol. The maximum absolute atomic E-state index is 12.2. The second-order valence-electron chi connectivity index (χ2n) is 6.48. The Bertz CT molecular complexity index is 770. The first-order chi connectivity index (χ1) is 12.5. The lowest BCUT2D eigenvalue weighted by Crippen LogP contribution is -2.38. The molecule has 0 radical (unpaired) electrons. The van der Waals surface area contributed by atoms with Gasteiger partial charge in [-0.2, -0.15) is 0 Å². The molecule has 1 aliphatic rings. The van der Waals surface area contributed by atoms with Crippen LogP contribution in [-0.2, 0) is 16.0 Å². The van der Waals surface area contributed by atoms with Crippen molar-refractivity contribution in [2.75, 3.05) is 7.11 Å². The molecule has 3 atom stereocenters. The summed E-state index contributed by atoms with van der Waals surface area (Å²) in [5.41, 5.74) is 1.56. The highest BCUT2D eigenvalue weighted by molar-refractivity contribution is 5.80. The van der Waals surface area contributed by atoms with E-state index in [1.807, 2.05) is 0 Å². The van der Waals surface area contributed by atoms with Crippen molar-refractivity contribution in [1.29, 1.82) is 0 Å². The Morgan fingerprint density at radius 2 is 1.88 bits per heavy atom. The van der Waals surface area contributed by atoms with Crippen LogP contribution in [0.15, 0.2) is 42.5 Å². The fourth-order valence-corrected chi connectivity index (χ4v) is 3.14. The number of benzene rings is 2. The number of carbonyl (C=O) groups is 1. The molecule has 1 fully saturated rings. The molecule has 2 aromatic carbocycles. The molecule has 1 aliphatic heterocycles. The number of carbonyl (C=O) groups excluding carboxylic acids is 1. The minimum Gasteiger partial charge on any atom is -0.508 e. The third-order valence-corrected chi connectivity index (χ3v) is 4.57. The molecule has 3 N–H and O–H groups in total. The topological polar surface area (TPSA) is 96.2 Å². The SMILES string of the molecule is COc1cc([C@H]2CC(=O)C[C@H]([C@@H](O)Cc3ccc(O)cc3)O2)ccc1O. The van der Waals surface area contributed by atoms with Crippen molar-refractivity contribution >= 4 is 5.78 Å². The number of phenols is 2. The zero-order chi connectivity index (χ0) is 18.7. The number of aromatic hydroxyl groups is 2. The van der Waals surface area contributed by atoms with Gasteiger partial charge in [0.05, 0.1) is 25.4 Å². The van der Waals surface area contributed by atoms with Crippen molar-refractivity contribution in [3.05, 3.63) is 53.6 Å². The van der Waals surface area contributed by atoms with Crippen LogP contribution in [0.3, 0.4) is 0 Å². The highest BCUT2D eigenvalue weighted by atomic mass is 16.5. The van der Waals surface area contributed by atoms with Crippen molar-refractivity contribution in [2.45, 2.75) is 37.6 Å². The number of aliphatic hydroxyl groups is 1. The van der Waals surface area contributed by atoms with Crippen molar-refractivity contribution in [3.63, 3.8) is 0 Å². The molecular weight excluding hydrogens is 336 g/mol. The zero-order valence-electron chi connectivity index (χ0n) is 14.5. The van der Waals surface area contributed by atoms with Gasteiger partial charge < -0.3 is 24.8 Å². The maximum atomic E-state index is 12.2. The minimum absolute atomic E-state index is 0.0160. The molecule has 0 aliphatic carbocycles. The monoisotopic (exact) mass is 358 g/mol. The van der Waals surface area contributed by atoms with E-state index in [-0.39, 0.29) is 30.1 Å². The molecule has 1 saturated heterocycles. The minimum atomic E-state index is -0.842. The van der Waals surface area contributed by atoms with Crippen molar-refractivity contribution in [1.82, 2.24) is 0 Å². The highest BCUT2D eigenvalue weighted by Crippen LogP contribution is 2.35. The van der Waals surface area contributed by atoms with Crippen molar-refractivity contribution in [3.8, 4) is 17.2 Å². The molecule has 0 aromatic heterocycles. The third kappa shape index (κ3) is 4.15. The lowest BCUT2D eigenvalue weighted by atomic mass is 9.93. The van der Waals surface area contributed by atoms with E-state index in [4.69, 9.17) is 9.47 Å². The first-order valence-electron chi connectivity index (χ1n) is 8.46. The van der Waals surface area contributed by atoms with Gasteiger partial charge >= 0.3 is 0 Å². The molecule has 0 amide bonds. The average Bonchev–Trinajstić information content (AvgIpc) is 2.63. The predicted molar refractivity (Wildman–Crippen MR) is 94.3 cm³/mol. The first kappa shape index (κ1) is 18.2. The van der Waals surface area contributed by atoms with Gasteiger partial charge in [-0.05, 0) is 35.4 Å². The van der Waals surface area contributed by atoms with Gasteiger partial charge in [-0.3, -0.25) is 4.79 Å². The predicted octanol–water partition coefficient (Wildman–Crippen LogP) is 2.50. The van der Waals surface area contributed by atoms with E-state index in [9.17, 15) is 20.1 Å². The van der Waals surface area contributed by atoms with E-state index in [0.717, 1.165) is 11.1 Å². The second-order valence-corrected chi connectivity index (χ2v) is 6.48. The standard InChI is InChI=1S/C20H22O6/c1-25-19-9-13(4-7-16(19)23)18-10-15(22)11-20(26-18)17(24)8-12-2-5-14(21)6-3-12/h2-7,9,17-18,20-21,23-24H,8,10-11H2,1H3/t17-,18+,20+/m0/s1. The van der Waals surface area contributed by atoms with E-state index in [0.29, 0.717) is 12.2 Å². The number of ketones is 1. The Kier molecular flexibility index (Phi) is 5.44. The Balaban J connectivity index is 1.73. The van der Waals surface area contributed by atoms with Crippen LogP contribution in [0.4, 0.5) is 0 Å². The molecule has 3 rings (SSSR count). The van der Waals surface area contributed by atoms with Crippen molar-refractivity contribution < 1.29 is 29.6 Å². The number of Topliss-reactive ketones (excluding diaryl/α,β-unsaturated/α-hetero) is 1. The van der Waals surface area contributed by atoms with Gasteiger partial charge in [0.2, 0.25) is 0 Å². The van der Waals surface area contributed by atoms with Gasteiger partial charge in [0.15, 0.2) is 11.5 Å². The Morgan fingerprint density at radius 1 is 1.15 bits per heavy atom. The normalized spacial score (nSPS) is 21.4. The van der Waals surface area contributed by atoms with Gasteiger partial charge in [-0.25, -0.2) is 0 Å². The maximum Gasteiger partial charge on any atom is 0.160 e. The zero-order valence-corrected chi connectivity index (χ0v) is 14.5. The van der Waals surface area contributed by atoms with E-state index in [1.54, 1.807) is 36.4 Å². The Morgan fingerprint density at radius 3 is 2.58 bits per heavy atom. The molecule has 0 saturated carbocycles. The lowest BCUT2D eigenvalue weighted by Gasteiger charge is -2.32. The summed E-state index contributed by atoms with van der Waals surface area (Å²) >= 11 is 0. The molecule has 2 aromatic rings. The van der Waals surface area contributed by atoms with Crippen LogP contribution in [-0.4, -0.2) is 40.4 Å². The molecule has 6 heteroatoms. The highest BCUT2D eigenvalue weighted by Gasteiger charge is 2.33. The summed E-state index contributed by atoms with van der Waals surface area (Å²) in [6.45, 7) is 0. The summed E-state index contributed by atoms with van der Waals surface area (Å²) in [6, 6.07) is 11.4. The summed E-state index contributed by atoms with van der Waals surface area (Å²) in [7, 11) is 1.45. The number of aliphatic hydroxyl groups excluding tert-OH is 1. The van der Waals surface area contributed by atoms with Crippen LogP contribution >= 0.6 is 0 Å². The number of methoxy groups -OCH3 is 1. The third-order valence-electron chi connectivity index (χ3n) is 4.57. The number of ether oxygens (including phenoxy) is 2. The van der Waals surface area contributed by atoms with E-state index < -0.39 is 18.3 Å². The molecule has 0 spiro atoms. The lowest BCUT2D eigenvalue weighted by molar-refractivity contribution is -0.146. The number of hydrogen-bond donors (Lipinski definition) is 3.